The van der Waals surface area contributed by atoms with Crippen molar-refractivity contribution in [3.05, 3.63) is 90.5 Å². The number of anilines is 1. The van der Waals surface area contributed by atoms with Crippen molar-refractivity contribution in [3.63, 3.8) is 0 Å². The number of carbonyl (C=O) groups excluding carboxylic acids is 2. The van der Waals surface area contributed by atoms with Crippen molar-refractivity contribution in [2.75, 3.05) is 18.5 Å². The number of benzene rings is 3. The van der Waals surface area contributed by atoms with Crippen molar-refractivity contribution >= 4 is 63.6 Å². The summed E-state index contributed by atoms with van der Waals surface area (Å²) >= 11 is 7.91. The molecule has 0 aliphatic carbocycles. The quantitative estimate of drug-likeness (QED) is 0.141. The Morgan fingerprint density at radius 3 is 2.44 bits per heavy atom. The molecule has 10 nitrogen and oxygen atoms in total. The number of nitro groups is 1. The highest BCUT2D eigenvalue weighted by atomic mass is 127. The van der Waals surface area contributed by atoms with Crippen LogP contribution in [-0.2, 0) is 4.79 Å². The molecule has 0 radical (unpaired) electrons. The first-order valence-corrected chi connectivity index (χ1v) is 11.9. The van der Waals surface area contributed by atoms with Gasteiger partial charge in [0.05, 0.1) is 21.3 Å². The lowest BCUT2D eigenvalue weighted by Gasteiger charge is -2.14. The van der Waals surface area contributed by atoms with Crippen LogP contribution in [0.2, 0.25) is 5.02 Å². The number of halogens is 2. The third-order valence-electron chi connectivity index (χ3n) is 4.53. The molecule has 0 atom stereocenters. The zero-order chi connectivity index (χ0) is 26.1. The number of hydrogen-bond donors (Lipinski definition) is 2. The number of nitrogens with one attached hydrogen (secondary N) is 2. The molecule has 0 fully saturated rings. The van der Waals surface area contributed by atoms with Gasteiger partial charge in [-0.25, -0.2) is 5.43 Å². The highest BCUT2D eigenvalue weighted by molar-refractivity contribution is 14.1. The van der Waals surface area contributed by atoms with E-state index in [1.807, 2.05) is 6.92 Å². The molecule has 0 spiro atoms. The number of nitrogens with zero attached hydrogens (tertiary/aromatic N) is 2. The normalized spacial score (nSPS) is 10.6. The summed E-state index contributed by atoms with van der Waals surface area (Å²) in [6.07, 6.45) is 1.42. The second-order valence-corrected chi connectivity index (χ2v) is 8.71. The fourth-order valence-corrected chi connectivity index (χ4v) is 3.81. The molecule has 0 saturated carbocycles. The number of nitro benzene ring substituents is 1. The Balaban J connectivity index is 1.64. The Hall–Kier alpha value is -3.71. The van der Waals surface area contributed by atoms with Crippen LogP contribution in [0.25, 0.3) is 0 Å². The lowest BCUT2D eigenvalue weighted by atomic mass is 10.2. The molecule has 0 bridgehead atoms. The van der Waals surface area contributed by atoms with Crippen molar-refractivity contribution in [2.45, 2.75) is 6.92 Å². The third kappa shape index (κ3) is 7.65. The van der Waals surface area contributed by atoms with E-state index in [9.17, 15) is 19.7 Å². The van der Waals surface area contributed by atoms with Gasteiger partial charge >= 0.3 is 0 Å². The molecule has 186 valence electrons. The Morgan fingerprint density at radius 1 is 1.11 bits per heavy atom. The fourth-order valence-electron chi connectivity index (χ4n) is 2.90. The summed E-state index contributed by atoms with van der Waals surface area (Å²) in [5, 5.41) is 18.0. The van der Waals surface area contributed by atoms with Crippen LogP contribution in [0.5, 0.6) is 11.5 Å². The van der Waals surface area contributed by atoms with Gasteiger partial charge in [-0.2, -0.15) is 5.10 Å². The molecule has 0 heterocycles. The van der Waals surface area contributed by atoms with Gasteiger partial charge in [0.15, 0.2) is 18.1 Å². The fraction of sp³-hybridized carbons (Fsp3) is 0.125. The van der Waals surface area contributed by atoms with Gasteiger partial charge in [-0.05, 0) is 83.6 Å². The number of carbonyl (C=O) groups is 2. The smallest absolute Gasteiger partial charge is 0.271 e. The van der Waals surface area contributed by atoms with Crippen LogP contribution >= 0.6 is 34.2 Å². The lowest BCUT2D eigenvalue weighted by molar-refractivity contribution is -0.384. The number of non-ortho nitro benzene ring substituents is 1. The minimum absolute atomic E-state index is 0.113. The molecule has 0 unspecified atom stereocenters. The second kappa shape index (κ2) is 12.8. The van der Waals surface area contributed by atoms with Crippen molar-refractivity contribution in [2.24, 2.45) is 5.10 Å². The maximum Gasteiger partial charge on any atom is 0.271 e. The molecule has 0 aromatic heterocycles. The summed E-state index contributed by atoms with van der Waals surface area (Å²) in [5.41, 5.74) is 3.69. The molecular weight excluding hydrogens is 603 g/mol. The zero-order valence-electron chi connectivity index (χ0n) is 18.9. The summed E-state index contributed by atoms with van der Waals surface area (Å²) in [7, 11) is 0. The van der Waals surface area contributed by atoms with Crippen LogP contribution in [0.1, 0.15) is 22.8 Å². The maximum absolute atomic E-state index is 12.3. The van der Waals surface area contributed by atoms with Crippen LogP contribution in [0.15, 0.2) is 65.8 Å². The first-order valence-electron chi connectivity index (χ1n) is 10.5. The Labute approximate surface area is 224 Å². The molecule has 3 aromatic rings. The van der Waals surface area contributed by atoms with Gasteiger partial charge in [-0.1, -0.05) is 11.6 Å². The minimum Gasteiger partial charge on any atom is -0.490 e. The Bertz CT molecular complexity index is 1280. The molecule has 12 heteroatoms. The summed E-state index contributed by atoms with van der Waals surface area (Å²) in [4.78, 5) is 34.7. The predicted octanol–water partition coefficient (Wildman–Crippen LogP) is 5.03. The maximum atomic E-state index is 12.3. The Kier molecular flexibility index (Phi) is 9.59. The number of hydrogen-bond acceptors (Lipinski definition) is 7. The van der Waals surface area contributed by atoms with Gasteiger partial charge in [-0.15, -0.1) is 0 Å². The van der Waals surface area contributed by atoms with E-state index in [2.05, 4.69) is 38.4 Å². The van der Waals surface area contributed by atoms with E-state index in [-0.39, 0.29) is 23.8 Å². The topological polar surface area (TPSA) is 132 Å². The SMILES string of the molecule is CCOc1cc(/C=N/NC(=O)c2ccc([N+](=O)[O-])cc2)cc(I)c1OCC(=O)Nc1ccc(Cl)cc1. The van der Waals surface area contributed by atoms with Gasteiger partial charge in [0.2, 0.25) is 0 Å². The van der Waals surface area contributed by atoms with Crippen LogP contribution in [0.4, 0.5) is 11.4 Å². The molecule has 0 aliphatic rings. The first kappa shape index (κ1) is 26.9. The van der Waals surface area contributed by atoms with Gasteiger partial charge in [0.1, 0.15) is 0 Å². The van der Waals surface area contributed by atoms with Crippen molar-refractivity contribution in [3.8, 4) is 11.5 Å². The molecule has 2 amide bonds. The lowest BCUT2D eigenvalue weighted by Crippen LogP contribution is -2.20. The van der Waals surface area contributed by atoms with E-state index in [0.717, 1.165) is 0 Å². The highest BCUT2D eigenvalue weighted by Crippen LogP contribution is 2.34. The van der Waals surface area contributed by atoms with Gasteiger partial charge in [0.25, 0.3) is 17.5 Å². The molecule has 0 aliphatic heterocycles. The van der Waals surface area contributed by atoms with Crippen LogP contribution < -0.4 is 20.2 Å². The van der Waals surface area contributed by atoms with Crippen LogP contribution in [0, 0.1) is 13.7 Å². The molecular formula is C24H20ClIN4O6. The van der Waals surface area contributed by atoms with Crippen LogP contribution in [-0.4, -0.2) is 36.2 Å². The van der Waals surface area contributed by atoms with Gasteiger partial charge < -0.3 is 14.8 Å². The number of hydrazone groups is 1. The monoisotopic (exact) mass is 622 g/mol. The number of rotatable bonds is 10. The van der Waals surface area contributed by atoms with E-state index in [0.29, 0.717) is 37.9 Å². The summed E-state index contributed by atoms with van der Waals surface area (Å²) in [5.74, 6) is -0.0645. The summed E-state index contributed by atoms with van der Waals surface area (Å²) in [6, 6.07) is 15.3. The standard InChI is InChI=1S/C24H20ClIN4O6/c1-2-35-21-12-15(13-27-29-24(32)16-3-9-19(10-4-16)30(33)34)11-20(26)23(21)36-14-22(31)28-18-7-5-17(25)6-8-18/h3-13H,2,14H2,1H3,(H,28,31)(H,29,32)/b27-13+. The average Bonchev–Trinajstić information content (AvgIpc) is 2.85. The van der Waals surface area contributed by atoms with E-state index >= 15 is 0 Å². The minimum atomic E-state index is -0.545. The van der Waals surface area contributed by atoms with Crippen LogP contribution in [0.3, 0.4) is 0 Å². The Morgan fingerprint density at radius 2 is 1.81 bits per heavy atom. The largest absolute Gasteiger partial charge is 0.490 e. The summed E-state index contributed by atoms with van der Waals surface area (Å²) in [6.45, 7) is 1.94. The van der Waals surface area contributed by atoms with Gasteiger partial charge in [0, 0.05) is 28.4 Å². The highest BCUT2D eigenvalue weighted by Gasteiger charge is 2.14. The van der Waals surface area contributed by atoms with E-state index in [4.69, 9.17) is 21.1 Å². The third-order valence-corrected chi connectivity index (χ3v) is 5.58. The molecule has 3 rings (SSSR count). The average molecular weight is 623 g/mol. The molecule has 3 aromatic carbocycles. The van der Waals surface area contributed by atoms with Crippen molar-refractivity contribution in [1.82, 2.24) is 5.43 Å². The first-order chi connectivity index (χ1) is 17.3. The van der Waals surface area contributed by atoms with E-state index in [1.165, 1.54) is 30.5 Å². The molecule has 2 N–H and O–H groups in total. The zero-order valence-corrected chi connectivity index (χ0v) is 21.8. The summed E-state index contributed by atoms with van der Waals surface area (Å²) < 4.78 is 12.1. The van der Waals surface area contributed by atoms with Crippen molar-refractivity contribution < 1.29 is 24.0 Å². The second-order valence-electron chi connectivity index (χ2n) is 7.11. The number of ether oxygens (including phenoxy) is 2. The van der Waals surface area contributed by atoms with E-state index < -0.39 is 10.8 Å². The number of amides is 2. The predicted molar refractivity (Wildman–Crippen MR) is 144 cm³/mol. The van der Waals surface area contributed by atoms with Gasteiger partial charge in [-0.3, -0.25) is 19.7 Å². The van der Waals surface area contributed by atoms with Crippen molar-refractivity contribution in [1.29, 1.82) is 0 Å². The molecule has 36 heavy (non-hydrogen) atoms. The molecule has 0 saturated heterocycles. The van der Waals surface area contributed by atoms with E-state index in [1.54, 1.807) is 36.4 Å².